The number of oxime groups is 1. The van der Waals surface area contributed by atoms with Gasteiger partial charge in [0.15, 0.2) is 11.5 Å². The number of halogens is 2. The molecule has 3 aromatic rings. The van der Waals surface area contributed by atoms with E-state index < -0.39 is 4.92 Å². The lowest BCUT2D eigenvalue weighted by atomic mass is 10.2. The lowest BCUT2D eigenvalue weighted by molar-refractivity contribution is -0.384. The van der Waals surface area contributed by atoms with E-state index in [1.165, 1.54) is 30.5 Å². The number of benzene rings is 3. The van der Waals surface area contributed by atoms with E-state index in [0.29, 0.717) is 39.3 Å². The van der Waals surface area contributed by atoms with Gasteiger partial charge in [-0.1, -0.05) is 29.4 Å². The smallest absolute Gasteiger partial charge is 0.269 e. The van der Waals surface area contributed by atoms with Crippen LogP contribution in [0.25, 0.3) is 0 Å². The summed E-state index contributed by atoms with van der Waals surface area (Å²) in [6.45, 7) is 2.55. The molecule has 0 unspecified atom stereocenters. The summed E-state index contributed by atoms with van der Waals surface area (Å²) in [5.74, 6) is 0.680. The molecule has 9 heteroatoms. The van der Waals surface area contributed by atoms with Gasteiger partial charge in [-0.05, 0) is 58.2 Å². The molecule has 7 nitrogen and oxygen atoms in total. The first-order valence-corrected chi connectivity index (χ1v) is 10.5. The highest BCUT2D eigenvalue weighted by Crippen LogP contribution is 2.34. The molecule has 166 valence electrons. The minimum atomic E-state index is -0.461. The van der Waals surface area contributed by atoms with Crippen LogP contribution >= 0.6 is 15.9 Å². The van der Waals surface area contributed by atoms with Gasteiger partial charge in [-0.15, -0.1) is 0 Å². The molecule has 0 aromatic heterocycles. The van der Waals surface area contributed by atoms with Gasteiger partial charge in [0.1, 0.15) is 19.0 Å². The number of nitro groups is 1. The normalized spacial score (nSPS) is 10.8. The number of nitrogens with zero attached hydrogens (tertiary/aromatic N) is 2. The molecule has 0 aliphatic rings. The molecule has 3 aromatic carbocycles. The molecule has 0 bridgehead atoms. The largest absolute Gasteiger partial charge is 0.490 e. The molecule has 0 spiro atoms. The van der Waals surface area contributed by atoms with Gasteiger partial charge in [0.05, 0.1) is 17.7 Å². The fourth-order valence-corrected chi connectivity index (χ4v) is 3.21. The third-order valence-corrected chi connectivity index (χ3v) is 4.95. The molecule has 3 rings (SSSR count). The zero-order valence-electron chi connectivity index (χ0n) is 17.2. The van der Waals surface area contributed by atoms with Crippen molar-refractivity contribution in [2.24, 2.45) is 5.16 Å². The first-order chi connectivity index (χ1) is 15.5. The SMILES string of the molecule is CCOc1cc(/C=N\OCc2cccc([N+](=O)[O-])c2)c(Br)cc1OCc1cccc(F)c1. The predicted molar refractivity (Wildman–Crippen MR) is 122 cm³/mol. The van der Waals surface area contributed by atoms with Crippen LogP contribution in [-0.4, -0.2) is 17.7 Å². The Hall–Kier alpha value is -3.46. The molecule has 0 N–H and O–H groups in total. The highest BCUT2D eigenvalue weighted by atomic mass is 79.9. The van der Waals surface area contributed by atoms with E-state index in [4.69, 9.17) is 14.3 Å². The van der Waals surface area contributed by atoms with Crippen molar-refractivity contribution in [2.75, 3.05) is 6.61 Å². The fraction of sp³-hybridized carbons (Fsp3) is 0.174. The van der Waals surface area contributed by atoms with Gasteiger partial charge in [-0.3, -0.25) is 10.1 Å². The second kappa shape index (κ2) is 11.2. The topological polar surface area (TPSA) is 83.2 Å². The highest BCUT2D eigenvalue weighted by molar-refractivity contribution is 9.10. The van der Waals surface area contributed by atoms with Gasteiger partial charge >= 0.3 is 0 Å². The standard InChI is InChI=1S/C23H20BrFN2O5/c1-2-30-22-11-18(13-26-32-15-17-6-4-8-20(10-17)27(28)29)21(24)12-23(22)31-14-16-5-3-7-19(25)9-16/h3-13H,2,14-15H2,1H3/b26-13-. The molecular formula is C23H20BrFN2O5. The maximum atomic E-state index is 13.4. The summed E-state index contributed by atoms with van der Waals surface area (Å²) in [5.41, 5.74) is 2.01. The summed E-state index contributed by atoms with van der Waals surface area (Å²) >= 11 is 3.48. The van der Waals surface area contributed by atoms with Gasteiger partial charge < -0.3 is 14.3 Å². The van der Waals surface area contributed by atoms with Crippen LogP contribution < -0.4 is 9.47 Å². The van der Waals surface area contributed by atoms with Crippen molar-refractivity contribution in [3.8, 4) is 11.5 Å². The number of hydrogen-bond acceptors (Lipinski definition) is 6. The summed E-state index contributed by atoms with van der Waals surface area (Å²) in [5, 5.41) is 14.8. The number of non-ortho nitro benzene ring substituents is 1. The first kappa shape index (κ1) is 23.2. The molecule has 0 saturated heterocycles. The molecule has 0 aliphatic heterocycles. The predicted octanol–water partition coefficient (Wildman–Crippen LogP) is 6.02. The van der Waals surface area contributed by atoms with E-state index in [1.807, 2.05) is 6.92 Å². The Morgan fingerprint density at radius 1 is 1.03 bits per heavy atom. The first-order valence-electron chi connectivity index (χ1n) is 9.68. The Labute approximate surface area is 192 Å². The third kappa shape index (κ3) is 6.52. The van der Waals surface area contributed by atoms with Crippen LogP contribution in [0.5, 0.6) is 11.5 Å². The molecule has 0 saturated carbocycles. The van der Waals surface area contributed by atoms with Crippen molar-refractivity contribution in [1.82, 2.24) is 0 Å². The summed E-state index contributed by atoms with van der Waals surface area (Å²) in [6, 6.07) is 15.8. The zero-order valence-corrected chi connectivity index (χ0v) is 18.7. The molecule has 0 amide bonds. The van der Waals surface area contributed by atoms with Gasteiger partial charge in [-0.2, -0.15) is 0 Å². The minimum Gasteiger partial charge on any atom is -0.490 e. The van der Waals surface area contributed by atoms with Crippen molar-refractivity contribution >= 4 is 27.8 Å². The summed E-state index contributed by atoms with van der Waals surface area (Å²) in [4.78, 5) is 15.7. The molecule has 32 heavy (non-hydrogen) atoms. The lowest BCUT2D eigenvalue weighted by Gasteiger charge is -2.14. The Kier molecular flexibility index (Phi) is 8.15. The third-order valence-electron chi connectivity index (χ3n) is 4.27. The van der Waals surface area contributed by atoms with E-state index in [1.54, 1.807) is 36.4 Å². The number of nitro benzene ring substituents is 1. The Morgan fingerprint density at radius 2 is 1.75 bits per heavy atom. The molecule has 0 atom stereocenters. The highest BCUT2D eigenvalue weighted by Gasteiger charge is 2.11. The van der Waals surface area contributed by atoms with E-state index in [0.717, 1.165) is 0 Å². The lowest BCUT2D eigenvalue weighted by Crippen LogP contribution is -2.01. The van der Waals surface area contributed by atoms with Gasteiger partial charge in [0.25, 0.3) is 5.69 Å². The zero-order chi connectivity index (χ0) is 22.9. The van der Waals surface area contributed by atoms with E-state index in [9.17, 15) is 14.5 Å². The van der Waals surface area contributed by atoms with Crippen molar-refractivity contribution in [1.29, 1.82) is 0 Å². The fourth-order valence-electron chi connectivity index (χ4n) is 2.78. The van der Waals surface area contributed by atoms with E-state index in [-0.39, 0.29) is 24.7 Å². The average Bonchev–Trinajstić information content (AvgIpc) is 2.77. The molecule has 0 fully saturated rings. The van der Waals surface area contributed by atoms with Crippen molar-refractivity contribution in [2.45, 2.75) is 20.1 Å². The van der Waals surface area contributed by atoms with Crippen LogP contribution in [0.2, 0.25) is 0 Å². The maximum Gasteiger partial charge on any atom is 0.269 e. The van der Waals surface area contributed by atoms with Gasteiger partial charge in [0, 0.05) is 22.2 Å². The van der Waals surface area contributed by atoms with Crippen LogP contribution in [0.1, 0.15) is 23.6 Å². The average molecular weight is 503 g/mol. The molecule has 0 radical (unpaired) electrons. The number of hydrogen-bond donors (Lipinski definition) is 0. The van der Waals surface area contributed by atoms with E-state index >= 15 is 0 Å². The van der Waals surface area contributed by atoms with Crippen molar-refractivity contribution < 1.29 is 23.6 Å². The second-order valence-corrected chi connectivity index (χ2v) is 7.46. The Balaban J connectivity index is 1.68. The van der Waals surface area contributed by atoms with E-state index in [2.05, 4.69) is 21.1 Å². The van der Waals surface area contributed by atoms with Gasteiger partial charge in [-0.25, -0.2) is 4.39 Å². The van der Waals surface area contributed by atoms with Crippen LogP contribution in [0.3, 0.4) is 0 Å². The second-order valence-electron chi connectivity index (χ2n) is 6.61. The minimum absolute atomic E-state index is 0.00647. The van der Waals surface area contributed by atoms with Crippen molar-refractivity contribution in [3.05, 3.63) is 97.8 Å². The summed E-state index contributed by atoms with van der Waals surface area (Å²) < 4.78 is 25.6. The molecular weight excluding hydrogens is 483 g/mol. The number of rotatable bonds is 10. The summed E-state index contributed by atoms with van der Waals surface area (Å²) in [6.07, 6.45) is 1.50. The molecule has 0 heterocycles. The van der Waals surface area contributed by atoms with Crippen molar-refractivity contribution in [3.63, 3.8) is 0 Å². The maximum absolute atomic E-state index is 13.4. The Morgan fingerprint density at radius 3 is 2.47 bits per heavy atom. The number of ether oxygens (including phenoxy) is 2. The van der Waals surface area contributed by atoms with Crippen LogP contribution in [0.4, 0.5) is 10.1 Å². The Bertz CT molecular complexity index is 1120. The summed E-state index contributed by atoms with van der Waals surface area (Å²) in [7, 11) is 0. The monoisotopic (exact) mass is 502 g/mol. The van der Waals surface area contributed by atoms with Gasteiger partial charge in [0.2, 0.25) is 0 Å². The quantitative estimate of drug-likeness (QED) is 0.192. The van der Waals surface area contributed by atoms with Crippen LogP contribution in [0.15, 0.2) is 70.3 Å². The van der Waals surface area contributed by atoms with Crippen LogP contribution in [0, 0.1) is 15.9 Å². The molecule has 0 aliphatic carbocycles. The van der Waals surface area contributed by atoms with Crippen LogP contribution in [-0.2, 0) is 18.1 Å².